The van der Waals surface area contributed by atoms with Gasteiger partial charge in [0.15, 0.2) is 6.29 Å². The molecule has 0 aromatic carbocycles. The summed E-state index contributed by atoms with van der Waals surface area (Å²) in [6, 6.07) is 0.495. The van der Waals surface area contributed by atoms with Crippen LogP contribution in [0.2, 0.25) is 0 Å². The van der Waals surface area contributed by atoms with Crippen molar-refractivity contribution in [3.8, 4) is 0 Å². The molecule has 0 aromatic rings. The molecule has 0 radical (unpaired) electrons. The fourth-order valence-corrected chi connectivity index (χ4v) is 5.15. The van der Waals surface area contributed by atoms with Gasteiger partial charge >= 0.3 is 0 Å². The van der Waals surface area contributed by atoms with E-state index in [2.05, 4.69) is 11.8 Å². The van der Waals surface area contributed by atoms with Crippen molar-refractivity contribution in [2.24, 2.45) is 11.3 Å². The number of hydrogen-bond acceptors (Lipinski definition) is 4. The predicted molar refractivity (Wildman–Crippen MR) is 73.1 cm³/mol. The molecule has 1 aliphatic carbocycles. The predicted octanol–water partition coefficient (Wildman–Crippen LogP) is 2.13. The molecule has 20 heavy (non-hydrogen) atoms. The van der Waals surface area contributed by atoms with Crippen molar-refractivity contribution in [2.45, 2.75) is 76.2 Å². The molecule has 4 nitrogen and oxygen atoms in total. The molecule has 112 valence electrons. The normalized spacial score (nSPS) is 53.2. The van der Waals surface area contributed by atoms with Crippen LogP contribution in [-0.4, -0.2) is 48.8 Å². The highest BCUT2D eigenvalue weighted by Crippen LogP contribution is 2.56. The lowest BCUT2D eigenvalue weighted by atomic mass is 9.67. The first-order valence-electron chi connectivity index (χ1n) is 8.47. The molecule has 0 aromatic heterocycles. The molecule has 5 fully saturated rings. The number of ether oxygens (including phenoxy) is 3. The third-order valence-corrected chi connectivity index (χ3v) is 6.58. The zero-order valence-electron chi connectivity index (χ0n) is 12.3. The molecule has 0 bridgehead atoms. The van der Waals surface area contributed by atoms with Crippen molar-refractivity contribution >= 4 is 0 Å². The Morgan fingerprint density at radius 2 is 1.90 bits per heavy atom. The smallest absolute Gasteiger partial charge is 0.184 e. The number of hydrogen-bond donors (Lipinski definition) is 0. The van der Waals surface area contributed by atoms with Gasteiger partial charge in [0.05, 0.1) is 6.61 Å². The van der Waals surface area contributed by atoms with Gasteiger partial charge in [-0.15, -0.1) is 0 Å². The van der Waals surface area contributed by atoms with E-state index in [1.54, 1.807) is 0 Å². The summed E-state index contributed by atoms with van der Waals surface area (Å²) in [5.41, 5.74) is 0.525. The number of likely N-dealkylation sites (tertiary alicyclic amines) is 1. The second kappa shape index (κ2) is 4.19. The van der Waals surface area contributed by atoms with Gasteiger partial charge in [-0.1, -0.05) is 26.2 Å². The summed E-state index contributed by atoms with van der Waals surface area (Å²) in [6.45, 7) is 4.33. The molecule has 4 heterocycles. The molecule has 1 spiro atoms. The Bertz CT molecular complexity index is 409. The number of piperidine rings is 1. The summed E-state index contributed by atoms with van der Waals surface area (Å²) >= 11 is 0. The largest absolute Gasteiger partial charge is 0.352 e. The van der Waals surface area contributed by atoms with E-state index in [1.165, 1.54) is 45.1 Å². The second-order valence-corrected chi connectivity index (χ2v) is 7.59. The molecule has 5 rings (SSSR count). The van der Waals surface area contributed by atoms with Gasteiger partial charge in [0, 0.05) is 23.9 Å². The van der Waals surface area contributed by atoms with Crippen LogP contribution in [0.25, 0.3) is 0 Å². The highest BCUT2D eigenvalue weighted by molar-refractivity contribution is 5.08. The van der Waals surface area contributed by atoms with E-state index in [-0.39, 0.29) is 6.29 Å². The van der Waals surface area contributed by atoms with Crippen LogP contribution in [0, 0.1) is 11.3 Å². The van der Waals surface area contributed by atoms with Crippen LogP contribution in [-0.2, 0) is 14.2 Å². The fourth-order valence-electron chi connectivity index (χ4n) is 5.15. The van der Waals surface area contributed by atoms with Crippen molar-refractivity contribution in [1.82, 2.24) is 4.90 Å². The van der Waals surface area contributed by atoms with E-state index in [1.807, 2.05) is 0 Å². The number of epoxide rings is 2. The van der Waals surface area contributed by atoms with Crippen molar-refractivity contribution < 1.29 is 14.2 Å². The SMILES string of the molecule is CC1C2OC2OCC1N1CCC2(CCCCC2)C2OC21. The van der Waals surface area contributed by atoms with Gasteiger partial charge in [-0.05, 0) is 19.3 Å². The Morgan fingerprint density at radius 1 is 1.05 bits per heavy atom. The Morgan fingerprint density at radius 3 is 2.75 bits per heavy atom. The summed E-state index contributed by atoms with van der Waals surface area (Å²) < 4.78 is 17.5. The maximum absolute atomic E-state index is 6.16. The number of fused-ring (bicyclic) bond motifs is 3. The summed E-state index contributed by atoms with van der Waals surface area (Å²) in [7, 11) is 0. The lowest BCUT2D eigenvalue weighted by Crippen LogP contribution is -2.54. The topological polar surface area (TPSA) is 37.5 Å². The van der Waals surface area contributed by atoms with Crippen LogP contribution in [0.3, 0.4) is 0 Å². The van der Waals surface area contributed by atoms with Gasteiger partial charge in [0.1, 0.15) is 18.4 Å². The van der Waals surface area contributed by atoms with Crippen molar-refractivity contribution in [3.63, 3.8) is 0 Å². The van der Waals surface area contributed by atoms with Gasteiger partial charge in [0.25, 0.3) is 0 Å². The van der Waals surface area contributed by atoms with Crippen molar-refractivity contribution in [1.29, 1.82) is 0 Å². The minimum Gasteiger partial charge on any atom is -0.352 e. The summed E-state index contributed by atoms with van der Waals surface area (Å²) in [5, 5.41) is 0. The van der Waals surface area contributed by atoms with Crippen LogP contribution in [0.15, 0.2) is 0 Å². The Labute approximate surface area is 120 Å². The third kappa shape index (κ3) is 1.68. The molecular weight excluding hydrogens is 254 g/mol. The van der Waals surface area contributed by atoms with Gasteiger partial charge in [-0.2, -0.15) is 0 Å². The van der Waals surface area contributed by atoms with Crippen LogP contribution >= 0.6 is 0 Å². The molecule has 4 heteroatoms. The van der Waals surface area contributed by atoms with E-state index in [4.69, 9.17) is 14.2 Å². The van der Waals surface area contributed by atoms with E-state index in [0.717, 1.165) is 6.61 Å². The standard InChI is InChI=1S/C16H25NO3/c1-10-11(9-18-15-12(10)19-15)17-8-7-16(13-14(17)20-13)5-3-2-4-6-16/h10-15H,2-9H2,1H3. The summed E-state index contributed by atoms with van der Waals surface area (Å²) in [5.74, 6) is 0.582. The highest BCUT2D eigenvalue weighted by Gasteiger charge is 2.63. The summed E-state index contributed by atoms with van der Waals surface area (Å²) in [6.07, 6.45) is 9.71. The molecule has 0 amide bonds. The fraction of sp³-hybridized carbons (Fsp3) is 1.00. The Kier molecular flexibility index (Phi) is 2.59. The first-order chi connectivity index (χ1) is 9.78. The lowest BCUT2D eigenvalue weighted by molar-refractivity contribution is -0.0419. The van der Waals surface area contributed by atoms with Gasteiger partial charge < -0.3 is 14.2 Å². The molecular formula is C16H25NO3. The minimum absolute atomic E-state index is 0.103. The van der Waals surface area contributed by atoms with E-state index < -0.39 is 0 Å². The lowest BCUT2D eigenvalue weighted by Gasteiger charge is -2.44. The van der Waals surface area contributed by atoms with E-state index in [9.17, 15) is 0 Å². The van der Waals surface area contributed by atoms with Gasteiger partial charge in [-0.25, -0.2) is 0 Å². The zero-order valence-corrected chi connectivity index (χ0v) is 12.3. The Balaban J connectivity index is 1.31. The quantitative estimate of drug-likeness (QED) is 0.689. The molecule has 1 saturated carbocycles. The van der Waals surface area contributed by atoms with E-state index in [0.29, 0.717) is 35.8 Å². The minimum atomic E-state index is 0.103. The molecule has 6 unspecified atom stereocenters. The average Bonchev–Trinajstić information content (AvgIpc) is 3.35. The third-order valence-electron chi connectivity index (χ3n) is 6.58. The van der Waals surface area contributed by atoms with Gasteiger partial charge in [-0.3, -0.25) is 4.90 Å². The van der Waals surface area contributed by atoms with Crippen LogP contribution < -0.4 is 0 Å². The molecule has 4 saturated heterocycles. The molecule has 4 aliphatic heterocycles. The number of rotatable bonds is 1. The van der Waals surface area contributed by atoms with Crippen molar-refractivity contribution in [3.05, 3.63) is 0 Å². The van der Waals surface area contributed by atoms with Crippen LogP contribution in [0.5, 0.6) is 0 Å². The monoisotopic (exact) mass is 279 g/mol. The van der Waals surface area contributed by atoms with Crippen LogP contribution in [0.4, 0.5) is 0 Å². The highest BCUT2D eigenvalue weighted by atomic mass is 16.8. The van der Waals surface area contributed by atoms with Gasteiger partial charge in [0.2, 0.25) is 0 Å². The summed E-state index contributed by atoms with van der Waals surface area (Å²) in [4.78, 5) is 2.59. The van der Waals surface area contributed by atoms with E-state index >= 15 is 0 Å². The average molecular weight is 279 g/mol. The second-order valence-electron chi connectivity index (χ2n) is 7.59. The maximum atomic E-state index is 6.16. The first-order valence-corrected chi connectivity index (χ1v) is 8.47. The molecule has 0 N–H and O–H groups in total. The zero-order chi connectivity index (χ0) is 13.3. The maximum Gasteiger partial charge on any atom is 0.184 e. The number of nitrogens with zero attached hydrogens (tertiary/aromatic N) is 1. The molecule has 6 atom stereocenters. The van der Waals surface area contributed by atoms with Crippen LogP contribution in [0.1, 0.15) is 45.4 Å². The first kappa shape index (κ1) is 12.4. The molecule has 5 aliphatic rings. The van der Waals surface area contributed by atoms with Crippen molar-refractivity contribution in [2.75, 3.05) is 13.2 Å². The Hall–Kier alpha value is -0.160.